The summed E-state index contributed by atoms with van der Waals surface area (Å²) in [6.07, 6.45) is 2.99. The molecule has 2 atom stereocenters. The van der Waals surface area contributed by atoms with E-state index in [9.17, 15) is 0 Å². The van der Waals surface area contributed by atoms with Crippen LogP contribution in [0.25, 0.3) is 10.9 Å². The fraction of sp³-hybridized carbons (Fsp3) is 0.250. The third-order valence-corrected chi connectivity index (χ3v) is 4.53. The van der Waals surface area contributed by atoms with Crippen molar-refractivity contribution in [2.24, 2.45) is 0 Å². The van der Waals surface area contributed by atoms with Gasteiger partial charge in [-0.1, -0.05) is 48.5 Å². The molecule has 4 rings (SSSR count). The minimum atomic E-state index is 0.101. The van der Waals surface area contributed by atoms with Gasteiger partial charge in [-0.2, -0.15) is 0 Å². The Hall–Kier alpha value is -2.39. The van der Waals surface area contributed by atoms with Crippen molar-refractivity contribution in [2.45, 2.75) is 25.5 Å². The van der Waals surface area contributed by atoms with Crippen LogP contribution in [0.2, 0.25) is 0 Å². The number of hydrogen-bond donors (Lipinski definition) is 1. The number of aryl methyl sites for hydroxylation is 1. The zero-order valence-corrected chi connectivity index (χ0v) is 13.2. The highest BCUT2D eigenvalue weighted by Crippen LogP contribution is 2.33. The quantitative estimate of drug-likeness (QED) is 0.774. The molecule has 3 nitrogen and oxygen atoms in total. The number of benzene rings is 2. The van der Waals surface area contributed by atoms with Gasteiger partial charge >= 0.3 is 0 Å². The van der Waals surface area contributed by atoms with Crippen LogP contribution in [0.15, 0.2) is 60.8 Å². The summed E-state index contributed by atoms with van der Waals surface area (Å²) in [5.74, 6) is 0. The number of rotatable bonds is 3. The molecule has 0 amide bonds. The lowest BCUT2D eigenvalue weighted by molar-refractivity contribution is 0.107. The first-order valence-electron chi connectivity index (χ1n) is 8.10. The van der Waals surface area contributed by atoms with Crippen LogP contribution in [-0.2, 0) is 4.74 Å². The fourth-order valence-corrected chi connectivity index (χ4v) is 3.36. The number of pyridine rings is 1. The molecule has 0 spiro atoms. The summed E-state index contributed by atoms with van der Waals surface area (Å²) in [7, 11) is 0. The van der Waals surface area contributed by atoms with E-state index in [-0.39, 0.29) is 12.1 Å². The molecule has 0 bridgehead atoms. The van der Waals surface area contributed by atoms with Gasteiger partial charge in [-0.15, -0.1) is 0 Å². The number of para-hydroxylation sites is 1. The summed E-state index contributed by atoms with van der Waals surface area (Å²) in [6, 6.07) is 19.1. The topological polar surface area (TPSA) is 34.1 Å². The maximum absolute atomic E-state index is 5.98. The first kappa shape index (κ1) is 14.2. The third-order valence-electron chi connectivity index (χ3n) is 4.53. The molecule has 1 N–H and O–H groups in total. The summed E-state index contributed by atoms with van der Waals surface area (Å²) in [5, 5.41) is 4.87. The van der Waals surface area contributed by atoms with Crippen molar-refractivity contribution in [1.82, 2.24) is 4.98 Å². The summed E-state index contributed by atoms with van der Waals surface area (Å²) < 4.78 is 5.98. The summed E-state index contributed by atoms with van der Waals surface area (Å²) in [4.78, 5) is 4.52. The van der Waals surface area contributed by atoms with Crippen LogP contribution >= 0.6 is 0 Å². The molecule has 3 heteroatoms. The molecule has 3 aromatic rings. The van der Waals surface area contributed by atoms with Crippen molar-refractivity contribution in [1.29, 1.82) is 0 Å². The Morgan fingerprint density at radius 3 is 2.78 bits per heavy atom. The van der Waals surface area contributed by atoms with Crippen LogP contribution in [-0.4, -0.2) is 17.6 Å². The van der Waals surface area contributed by atoms with Gasteiger partial charge in [0.1, 0.15) is 6.10 Å². The number of hydrogen-bond acceptors (Lipinski definition) is 3. The molecule has 1 aliphatic rings. The van der Waals surface area contributed by atoms with Crippen molar-refractivity contribution in [3.63, 3.8) is 0 Å². The van der Waals surface area contributed by atoms with Crippen LogP contribution in [0.3, 0.4) is 0 Å². The Morgan fingerprint density at radius 1 is 1.04 bits per heavy atom. The van der Waals surface area contributed by atoms with Crippen LogP contribution in [0, 0.1) is 6.92 Å². The Labute approximate surface area is 136 Å². The molecule has 23 heavy (non-hydrogen) atoms. The van der Waals surface area contributed by atoms with E-state index in [0.717, 1.165) is 24.2 Å². The van der Waals surface area contributed by atoms with Crippen molar-refractivity contribution in [3.8, 4) is 0 Å². The first-order valence-corrected chi connectivity index (χ1v) is 8.10. The van der Waals surface area contributed by atoms with Crippen LogP contribution in [0.1, 0.15) is 23.7 Å². The predicted octanol–water partition coefficient (Wildman–Crippen LogP) is 4.49. The van der Waals surface area contributed by atoms with Gasteiger partial charge in [-0.25, -0.2) is 0 Å². The second kappa shape index (κ2) is 6.01. The maximum Gasteiger partial charge on any atom is 0.103 e. The van der Waals surface area contributed by atoms with Gasteiger partial charge in [-0.3, -0.25) is 4.98 Å². The lowest BCUT2D eigenvalue weighted by Crippen LogP contribution is -2.23. The van der Waals surface area contributed by atoms with E-state index in [2.05, 4.69) is 65.8 Å². The predicted molar refractivity (Wildman–Crippen MR) is 93.6 cm³/mol. The van der Waals surface area contributed by atoms with E-state index in [1.165, 1.54) is 16.5 Å². The van der Waals surface area contributed by atoms with Crippen molar-refractivity contribution in [3.05, 3.63) is 71.9 Å². The Balaban J connectivity index is 1.67. The fourth-order valence-electron chi connectivity index (χ4n) is 3.36. The Bertz CT molecular complexity index is 816. The van der Waals surface area contributed by atoms with Crippen LogP contribution in [0.5, 0.6) is 0 Å². The van der Waals surface area contributed by atoms with E-state index in [4.69, 9.17) is 4.74 Å². The molecule has 1 fully saturated rings. The average molecular weight is 304 g/mol. The van der Waals surface area contributed by atoms with Gasteiger partial charge in [0.2, 0.25) is 0 Å². The minimum Gasteiger partial charge on any atom is -0.379 e. The zero-order chi connectivity index (χ0) is 15.6. The molecular weight excluding hydrogens is 284 g/mol. The number of anilines is 1. The molecule has 0 radical (unpaired) electrons. The highest BCUT2D eigenvalue weighted by Gasteiger charge is 2.29. The number of fused-ring (bicyclic) bond motifs is 1. The van der Waals surface area contributed by atoms with Gasteiger partial charge in [0.25, 0.3) is 0 Å². The first-order chi connectivity index (χ1) is 11.3. The standard InChI is InChI=1S/C20H20N2O/c1-14-6-5-9-16-17(10-12-21-19(14)16)22-18-11-13-23-20(18)15-7-3-2-4-8-15/h2-10,12,18,20H,11,13H2,1H3,(H,21,22). The molecule has 0 aliphatic carbocycles. The van der Waals surface area contributed by atoms with E-state index < -0.39 is 0 Å². The lowest BCUT2D eigenvalue weighted by Gasteiger charge is -2.22. The highest BCUT2D eigenvalue weighted by molar-refractivity contribution is 5.92. The number of nitrogens with one attached hydrogen (secondary N) is 1. The number of ether oxygens (including phenoxy) is 1. The van der Waals surface area contributed by atoms with E-state index in [1.54, 1.807) is 0 Å². The average Bonchev–Trinajstić information content (AvgIpc) is 3.05. The molecule has 2 heterocycles. The number of nitrogens with zero attached hydrogens (tertiary/aromatic N) is 1. The Morgan fingerprint density at radius 2 is 1.91 bits per heavy atom. The molecule has 116 valence electrons. The van der Waals surface area contributed by atoms with Gasteiger partial charge in [0.15, 0.2) is 0 Å². The summed E-state index contributed by atoms with van der Waals surface area (Å²) >= 11 is 0. The van der Waals surface area contributed by atoms with Gasteiger partial charge in [0, 0.05) is 23.9 Å². The molecular formula is C20H20N2O. The molecule has 0 saturated carbocycles. The molecule has 1 aromatic heterocycles. The van der Waals surface area contributed by atoms with Crippen molar-refractivity contribution in [2.75, 3.05) is 11.9 Å². The van der Waals surface area contributed by atoms with Gasteiger partial charge < -0.3 is 10.1 Å². The van der Waals surface area contributed by atoms with Crippen molar-refractivity contribution < 1.29 is 4.74 Å². The van der Waals surface area contributed by atoms with Crippen LogP contribution < -0.4 is 5.32 Å². The van der Waals surface area contributed by atoms with Crippen molar-refractivity contribution >= 4 is 16.6 Å². The normalized spacial score (nSPS) is 20.7. The van der Waals surface area contributed by atoms with E-state index >= 15 is 0 Å². The molecule has 1 saturated heterocycles. The van der Waals surface area contributed by atoms with Gasteiger partial charge in [0.05, 0.1) is 11.6 Å². The second-order valence-corrected chi connectivity index (χ2v) is 6.07. The maximum atomic E-state index is 5.98. The molecule has 2 unspecified atom stereocenters. The minimum absolute atomic E-state index is 0.101. The third kappa shape index (κ3) is 2.68. The van der Waals surface area contributed by atoms with Crippen LogP contribution in [0.4, 0.5) is 5.69 Å². The Kier molecular flexibility index (Phi) is 3.72. The zero-order valence-electron chi connectivity index (χ0n) is 13.2. The highest BCUT2D eigenvalue weighted by atomic mass is 16.5. The second-order valence-electron chi connectivity index (χ2n) is 6.07. The largest absolute Gasteiger partial charge is 0.379 e. The summed E-state index contributed by atoms with van der Waals surface area (Å²) in [6.45, 7) is 2.89. The monoisotopic (exact) mass is 304 g/mol. The SMILES string of the molecule is Cc1cccc2c(NC3CCOC3c3ccccc3)ccnc12. The number of aromatic nitrogens is 1. The molecule has 1 aliphatic heterocycles. The van der Waals surface area contributed by atoms with Gasteiger partial charge in [-0.05, 0) is 30.5 Å². The van der Waals surface area contributed by atoms with E-state index in [1.807, 2.05) is 12.3 Å². The van der Waals surface area contributed by atoms with E-state index in [0.29, 0.717) is 0 Å². The molecule has 2 aromatic carbocycles. The lowest BCUT2D eigenvalue weighted by atomic mass is 10.0. The summed E-state index contributed by atoms with van der Waals surface area (Å²) in [5.41, 5.74) is 4.63. The smallest absolute Gasteiger partial charge is 0.103 e.